The molecule has 7 heteroatoms. The summed E-state index contributed by atoms with van der Waals surface area (Å²) in [6, 6.07) is 15.5. The number of nitrogens with zero attached hydrogens (tertiary/aromatic N) is 2. The fourth-order valence-electron chi connectivity index (χ4n) is 2.54. The molecule has 1 atom stereocenters. The first-order valence-corrected chi connectivity index (χ1v) is 9.30. The molecule has 0 saturated heterocycles. The number of aromatic nitrogens is 2. The average Bonchev–Trinajstić information content (AvgIpc) is 3.14. The van der Waals surface area contributed by atoms with Crippen molar-refractivity contribution in [2.45, 2.75) is 18.3 Å². The standard InChI is InChI=1S/C19H18N2O4S/c1-13-5-4-6-14(11-13)22-9-10-26-19-21-20-18(25-19)17-12-23-15-7-2-3-8-16(15)24-17/h2-8,11,17H,9-10,12H2,1H3/t17-/m0/s1. The molecule has 0 aliphatic carbocycles. The second kappa shape index (κ2) is 7.70. The molecule has 4 rings (SSSR count). The van der Waals surface area contributed by atoms with Crippen LogP contribution in [-0.4, -0.2) is 29.2 Å². The molecule has 0 bridgehead atoms. The Hall–Kier alpha value is -2.67. The normalized spacial score (nSPS) is 15.7. The van der Waals surface area contributed by atoms with Crippen LogP contribution in [0, 0.1) is 6.92 Å². The molecule has 0 saturated carbocycles. The first-order chi connectivity index (χ1) is 12.8. The molecule has 2 aromatic carbocycles. The smallest absolute Gasteiger partial charge is 0.276 e. The third kappa shape index (κ3) is 3.94. The molecule has 26 heavy (non-hydrogen) atoms. The summed E-state index contributed by atoms with van der Waals surface area (Å²) in [7, 11) is 0. The van der Waals surface area contributed by atoms with Crippen molar-refractivity contribution in [1.29, 1.82) is 0 Å². The minimum atomic E-state index is -0.393. The number of aryl methyl sites for hydroxylation is 1. The molecule has 134 valence electrons. The maximum Gasteiger partial charge on any atom is 0.276 e. The van der Waals surface area contributed by atoms with Crippen molar-refractivity contribution >= 4 is 11.8 Å². The van der Waals surface area contributed by atoms with E-state index in [0.717, 1.165) is 11.5 Å². The van der Waals surface area contributed by atoms with E-state index in [1.54, 1.807) is 0 Å². The van der Waals surface area contributed by atoms with E-state index in [-0.39, 0.29) is 0 Å². The highest BCUT2D eigenvalue weighted by atomic mass is 32.2. The number of benzene rings is 2. The van der Waals surface area contributed by atoms with Gasteiger partial charge in [0, 0.05) is 5.75 Å². The van der Waals surface area contributed by atoms with E-state index in [2.05, 4.69) is 10.2 Å². The molecule has 0 unspecified atom stereocenters. The SMILES string of the molecule is Cc1cccc(OCCSc2nnc([C@@H]3COc4ccccc4O3)o2)c1. The molecular weight excluding hydrogens is 352 g/mol. The molecule has 3 aromatic rings. The van der Waals surface area contributed by atoms with E-state index in [9.17, 15) is 0 Å². The van der Waals surface area contributed by atoms with Crippen LogP contribution in [0.4, 0.5) is 0 Å². The maximum absolute atomic E-state index is 5.87. The number of ether oxygens (including phenoxy) is 3. The lowest BCUT2D eigenvalue weighted by Gasteiger charge is -2.23. The topological polar surface area (TPSA) is 66.6 Å². The van der Waals surface area contributed by atoms with Crippen molar-refractivity contribution in [3.05, 3.63) is 60.0 Å². The first kappa shape index (κ1) is 16.8. The Morgan fingerprint density at radius 2 is 2.00 bits per heavy atom. The van der Waals surface area contributed by atoms with Gasteiger partial charge in [0.05, 0.1) is 6.61 Å². The van der Waals surface area contributed by atoms with E-state index >= 15 is 0 Å². The van der Waals surface area contributed by atoms with Crippen LogP contribution in [0.25, 0.3) is 0 Å². The zero-order valence-electron chi connectivity index (χ0n) is 14.3. The molecule has 6 nitrogen and oxygen atoms in total. The summed E-state index contributed by atoms with van der Waals surface area (Å²) in [5, 5.41) is 8.63. The van der Waals surface area contributed by atoms with Crippen molar-refractivity contribution in [2.24, 2.45) is 0 Å². The van der Waals surface area contributed by atoms with Crippen LogP contribution in [0.5, 0.6) is 17.2 Å². The quantitative estimate of drug-likeness (QED) is 0.479. The van der Waals surface area contributed by atoms with Gasteiger partial charge in [-0.3, -0.25) is 0 Å². The third-order valence-corrected chi connectivity index (χ3v) is 4.56. The van der Waals surface area contributed by atoms with Crippen LogP contribution < -0.4 is 14.2 Å². The van der Waals surface area contributed by atoms with Gasteiger partial charge in [0.25, 0.3) is 11.1 Å². The van der Waals surface area contributed by atoms with Gasteiger partial charge in [-0.1, -0.05) is 36.0 Å². The lowest BCUT2D eigenvalue weighted by molar-refractivity contribution is 0.0686. The van der Waals surface area contributed by atoms with E-state index < -0.39 is 6.10 Å². The van der Waals surface area contributed by atoms with Crippen molar-refractivity contribution in [1.82, 2.24) is 10.2 Å². The minimum Gasteiger partial charge on any atom is -0.493 e. The van der Waals surface area contributed by atoms with Gasteiger partial charge in [-0.05, 0) is 36.8 Å². The molecule has 1 aliphatic heterocycles. The van der Waals surface area contributed by atoms with E-state index in [0.29, 0.717) is 35.8 Å². The van der Waals surface area contributed by atoms with Crippen molar-refractivity contribution in [3.8, 4) is 17.2 Å². The van der Waals surface area contributed by atoms with Crippen LogP contribution in [0.2, 0.25) is 0 Å². The van der Waals surface area contributed by atoms with E-state index in [1.165, 1.54) is 17.3 Å². The van der Waals surface area contributed by atoms with Crippen molar-refractivity contribution in [3.63, 3.8) is 0 Å². The Balaban J connectivity index is 1.28. The van der Waals surface area contributed by atoms with Gasteiger partial charge in [0.15, 0.2) is 11.5 Å². The Labute approximate surface area is 155 Å². The van der Waals surface area contributed by atoms with Gasteiger partial charge in [-0.15, -0.1) is 10.2 Å². The summed E-state index contributed by atoms with van der Waals surface area (Å²) in [6.45, 7) is 2.94. The van der Waals surface area contributed by atoms with Crippen LogP contribution in [0.1, 0.15) is 17.6 Å². The summed E-state index contributed by atoms with van der Waals surface area (Å²) < 4.78 is 23.0. The Bertz CT molecular complexity index is 883. The molecule has 0 radical (unpaired) electrons. The van der Waals surface area contributed by atoms with E-state index in [1.807, 2.05) is 55.5 Å². The average molecular weight is 370 g/mol. The van der Waals surface area contributed by atoms with Gasteiger partial charge in [-0.2, -0.15) is 0 Å². The van der Waals surface area contributed by atoms with Gasteiger partial charge < -0.3 is 18.6 Å². The number of para-hydroxylation sites is 2. The van der Waals surface area contributed by atoms with Crippen LogP contribution in [-0.2, 0) is 0 Å². The summed E-state index contributed by atoms with van der Waals surface area (Å²) in [6.07, 6.45) is -0.393. The number of fused-ring (bicyclic) bond motifs is 1. The molecule has 0 N–H and O–H groups in total. The summed E-state index contributed by atoms with van der Waals surface area (Å²) in [4.78, 5) is 0. The molecule has 0 fully saturated rings. The Morgan fingerprint density at radius 3 is 2.88 bits per heavy atom. The minimum absolute atomic E-state index is 0.347. The number of rotatable bonds is 6. The lowest BCUT2D eigenvalue weighted by Crippen LogP contribution is -2.21. The largest absolute Gasteiger partial charge is 0.493 e. The zero-order chi connectivity index (χ0) is 17.8. The Kier molecular flexibility index (Phi) is 4.97. The maximum atomic E-state index is 5.87. The summed E-state index contributed by atoms with van der Waals surface area (Å²) in [5.41, 5.74) is 1.17. The number of hydrogen-bond acceptors (Lipinski definition) is 7. The van der Waals surface area contributed by atoms with Gasteiger partial charge >= 0.3 is 0 Å². The Morgan fingerprint density at radius 1 is 1.12 bits per heavy atom. The molecular formula is C19H18N2O4S. The van der Waals surface area contributed by atoms with Crippen LogP contribution in [0.15, 0.2) is 58.2 Å². The molecule has 0 amide bonds. The highest BCUT2D eigenvalue weighted by molar-refractivity contribution is 7.99. The second-order valence-electron chi connectivity index (χ2n) is 5.78. The highest BCUT2D eigenvalue weighted by Crippen LogP contribution is 2.35. The second-order valence-corrected chi connectivity index (χ2v) is 6.83. The predicted molar refractivity (Wildman–Crippen MR) is 97.0 cm³/mol. The zero-order valence-corrected chi connectivity index (χ0v) is 15.1. The van der Waals surface area contributed by atoms with Gasteiger partial charge in [0.1, 0.15) is 12.4 Å². The predicted octanol–water partition coefficient (Wildman–Crippen LogP) is 4.06. The monoisotopic (exact) mass is 370 g/mol. The van der Waals surface area contributed by atoms with E-state index in [4.69, 9.17) is 18.6 Å². The van der Waals surface area contributed by atoms with Crippen LogP contribution in [0.3, 0.4) is 0 Å². The fourth-order valence-corrected chi connectivity index (χ4v) is 3.13. The molecule has 1 aromatic heterocycles. The summed E-state index contributed by atoms with van der Waals surface area (Å²) in [5.74, 6) is 3.40. The van der Waals surface area contributed by atoms with Crippen LogP contribution >= 0.6 is 11.8 Å². The lowest BCUT2D eigenvalue weighted by atomic mass is 10.2. The molecule has 0 spiro atoms. The van der Waals surface area contributed by atoms with Gasteiger partial charge in [-0.25, -0.2) is 0 Å². The number of thioether (sulfide) groups is 1. The molecule has 2 heterocycles. The van der Waals surface area contributed by atoms with Gasteiger partial charge in [0.2, 0.25) is 6.10 Å². The molecule has 1 aliphatic rings. The summed E-state index contributed by atoms with van der Waals surface area (Å²) >= 11 is 1.45. The van der Waals surface area contributed by atoms with Crippen molar-refractivity contribution < 1.29 is 18.6 Å². The first-order valence-electron chi connectivity index (χ1n) is 8.32. The van der Waals surface area contributed by atoms with Crippen molar-refractivity contribution in [2.75, 3.05) is 19.0 Å². The highest BCUT2D eigenvalue weighted by Gasteiger charge is 2.27. The number of hydrogen-bond donors (Lipinski definition) is 0. The fraction of sp³-hybridized carbons (Fsp3) is 0.263. The third-order valence-electron chi connectivity index (χ3n) is 3.77.